The number of hydrogen-bond acceptors (Lipinski definition) is 5. The molecule has 0 saturated carbocycles. The normalized spacial score (nSPS) is 15.4. The Morgan fingerprint density at radius 1 is 1.32 bits per heavy atom. The lowest BCUT2D eigenvalue weighted by atomic mass is 9.96. The summed E-state index contributed by atoms with van der Waals surface area (Å²) in [6.45, 7) is 2.29. The molecule has 2 heterocycles. The summed E-state index contributed by atoms with van der Waals surface area (Å²) in [6, 6.07) is 7.64. The van der Waals surface area contributed by atoms with Crippen molar-refractivity contribution < 1.29 is 14.3 Å². The Balaban J connectivity index is 1.53. The highest BCUT2D eigenvalue weighted by atomic mass is 16.5. The van der Waals surface area contributed by atoms with Gasteiger partial charge in [0.25, 0.3) is 0 Å². The topological polar surface area (TPSA) is 93.7 Å². The number of piperidine rings is 1. The molecular formula is C20H27N5O3. The van der Waals surface area contributed by atoms with E-state index in [9.17, 15) is 9.59 Å². The number of primary amides is 1. The number of nitrogens with two attached hydrogens (primary N) is 1. The minimum atomic E-state index is -0.240. The molecule has 8 nitrogen and oxygen atoms in total. The third-order valence-electron chi connectivity index (χ3n) is 5.15. The molecular weight excluding hydrogens is 358 g/mol. The van der Waals surface area contributed by atoms with Gasteiger partial charge < -0.3 is 15.4 Å². The van der Waals surface area contributed by atoms with Crippen molar-refractivity contribution in [3.8, 4) is 11.4 Å². The maximum Gasteiger partial charge on any atom is 0.236 e. The molecule has 8 heteroatoms. The minimum Gasteiger partial charge on any atom is -0.497 e. The molecule has 0 spiro atoms. The second-order valence-electron chi connectivity index (χ2n) is 7.20. The summed E-state index contributed by atoms with van der Waals surface area (Å²) in [6.07, 6.45) is 5.12. The smallest absolute Gasteiger partial charge is 0.236 e. The first-order chi connectivity index (χ1) is 13.5. The van der Waals surface area contributed by atoms with Crippen molar-refractivity contribution in [1.82, 2.24) is 19.6 Å². The van der Waals surface area contributed by atoms with Crippen molar-refractivity contribution in [2.45, 2.75) is 19.4 Å². The Bertz CT molecular complexity index is 827. The maximum absolute atomic E-state index is 12.5. The summed E-state index contributed by atoms with van der Waals surface area (Å²) < 4.78 is 7.02. The first kappa shape index (κ1) is 19.9. The van der Waals surface area contributed by atoms with Crippen LogP contribution in [0.5, 0.6) is 5.75 Å². The molecule has 0 bridgehead atoms. The number of aromatic nitrogens is 2. The highest BCUT2D eigenvalue weighted by Gasteiger charge is 2.25. The van der Waals surface area contributed by atoms with Gasteiger partial charge in [0, 0.05) is 37.3 Å². The summed E-state index contributed by atoms with van der Waals surface area (Å²) >= 11 is 0. The van der Waals surface area contributed by atoms with Gasteiger partial charge in [0.1, 0.15) is 5.75 Å². The zero-order chi connectivity index (χ0) is 20.1. The van der Waals surface area contributed by atoms with E-state index in [1.807, 2.05) is 30.5 Å². The van der Waals surface area contributed by atoms with Crippen LogP contribution in [-0.4, -0.2) is 65.2 Å². The van der Waals surface area contributed by atoms with E-state index in [1.165, 1.54) is 0 Å². The van der Waals surface area contributed by atoms with Crippen LogP contribution < -0.4 is 10.5 Å². The zero-order valence-corrected chi connectivity index (χ0v) is 16.4. The van der Waals surface area contributed by atoms with Crippen LogP contribution in [0.25, 0.3) is 5.69 Å². The van der Waals surface area contributed by atoms with Gasteiger partial charge in [-0.1, -0.05) is 6.07 Å². The van der Waals surface area contributed by atoms with Crippen LogP contribution in [-0.2, 0) is 16.1 Å². The number of likely N-dealkylation sites (N-methyl/N-ethyl adjacent to an activating group) is 1. The molecule has 2 aromatic rings. The van der Waals surface area contributed by atoms with Crippen molar-refractivity contribution in [3.05, 3.63) is 42.2 Å². The van der Waals surface area contributed by atoms with Crippen LogP contribution in [0.4, 0.5) is 0 Å². The quantitative estimate of drug-likeness (QED) is 0.769. The molecule has 1 fully saturated rings. The van der Waals surface area contributed by atoms with E-state index in [0.717, 1.165) is 42.9 Å². The number of rotatable bonds is 7. The molecule has 2 N–H and O–H groups in total. The summed E-state index contributed by atoms with van der Waals surface area (Å²) in [5.74, 6) is 0.510. The fourth-order valence-electron chi connectivity index (χ4n) is 3.39. The van der Waals surface area contributed by atoms with E-state index in [0.29, 0.717) is 13.1 Å². The molecule has 0 atom stereocenters. The zero-order valence-electron chi connectivity index (χ0n) is 16.4. The number of ether oxygens (including phenoxy) is 1. The number of amides is 2. The van der Waals surface area contributed by atoms with E-state index in [2.05, 4.69) is 10.00 Å². The monoisotopic (exact) mass is 385 g/mol. The molecule has 150 valence electrons. The molecule has 2 amide bonds. The Morgan fingerprint density at radius 2 is 2.07 bits per heavy atom. The molecule has 3 rings (SSSR count). The number of hydrogen-bond donors (Lipinski definition) is 1. The first-order valence-electron chi connectivity index (χ1n) is 9.40. The Morgan fingerprint density at radius 3 is 2.75 bits per heavy atom. The van der Waals surface area contributed by atoms with E-state index in [1.54, 1.807) is 29.9 Å². The lowest BCUT2D eigenvalue weighted by Gasteiger charge is -2.31. The van der Waals surface area contributed by atoms with Gasteiger partial charge in [0.2, 0.25) is 11.8 Å². The third-order valence-corrected chi connectivity index (χ3v) is 5.15. The van der Waals surface area contributed by atoms with Crippen LogP contribution in [0.15, 0.2) is 36.7 Å². The predicted molar refractivity (Wildman–Crippen MR) is 105 cm³/mol. The maximum atomic E-state index is 12.5. The Hall–Kier alpha value is -2.87. The lowest BCUT2D eigenvalue weighted by molar-refractivity contribution is -0.132. The molecule has 1 aliphatic heterocycles. The number of nitrogens with zero attached hydrogens (tertiary/aromatic N) is 4. The molecule has 28 heavy (non-hydrogen) atoms. The van der Waals surface area contributed by atoms with Crippen LogP contribution in [0.3, 0.4) is 0 Å². The number of carbonyl (C=O) groups is 2. The van der Waals surface area contributed by atoms with Crippen LogP contribution in [0.1, 0.15) is 18.4 Å². The van der Waals surface area contributed by atoms with Gasteiger partial charge in [-0.3, -0.25) is 14.5 Å². The molecule has 1 saturated heterocycles. The molecule has 1 aromatic carbocycles. The summed E-state index contributed by atoms with van der Waals surface area (Å²) in [5.41, 5.74) is 7.21. The number of carbonyl (C=O) groups excluding carboxylic acids is 2. The number of likely N-dealkylation sites (tertiary alicyclic amines) is 1. The van der Waals surface area contributed by atoms with Gasteiger partial charge in [0.15, 0.2) is 0 Å². The average molecular weight is 385 g/mol. The van der Waals surface area contributed by atoms with Gasteiger partial charge in [0.05, 0.1) is 25.5 Å². The summed E-state index contributed by atoms with van der Waals surface area (Å²) in [5, 5.41) is 4.38. The molecule has 0 unspecified atom stereocenters. The highest BCUT2D eigenvalue weighted by Crippen LogP contribution is 2.18. The van der Waals surface area contributed by atoms with E-state index >= 15 is 0 Å². The predicted octanol–water partition coefficient (Wildman–Crippen LogP) is 1.04. The molecule has 0 aliphatic carbocycles. The van der Waals surface area contributed by atoms with Gasteiger partial charge in [-0.25, -0.2) is 4.68 Å². The molecule has 1 aliphatic rings. The average Bonchev–Trinajstić information content (AvgIpc) is 3.17. The van der Waals surface area contributed by atoms with Gasteiger partial charge in [-0.15, -0.1) is 0 Å². The van der Waals surface area contributed by atoms with E-state index < -0.39 is 0 Å². The van der Waals surface area contributed by atoms with E-state index in [4.69, 9.17) is 10.5 Å². The SMILES string of the molecule is COc1cccc(-n2cc(CN(C)C(=O)CN3CCC(C(N)=O)CC3)cn2)c1. The fourth-order valence-corrected chi connectivity index (χ4v) is 3.39. The highest BCUT2D eigenvalue weighted by molar-refractivity contribution is 5.78. The van der Waals surface area contributed by atoms with Crippen molar-refractivity contribution in [2.75, 3.05) is 33.8 Å². The van der Waals surface area contributed by atoms with Crippen LogP contribution in [0.2, 0.25) is 0 Å². The van der Waals surface area contributed by atoms with E-state index in [-0.39, 0.29) is 17.7 Å². The van der Waals surface area contributed by atoms with Crippen LogP contribution in [0, 0.1) is 5.92 Å². The second-order valence-corrected chi connectivity index (χ2v) is 7.20. The Kier molecular flexibility index (Phi) is 6.30. The molecule has 1 aromatic heterocycles. The lowest BCUT2D eigenvalue weighted by Crippen LogP contribution is -2.43. The summed E-state index contributed by atoms with van der Waals surface area (Å²) in [7, 11) is 3.42. The third kappa shape index (κ3) is 4.89. The van der Waals surface area contributed by atoms with Crippen molar-refractivity contribution >= 4 is 11.8 Å². The standard InChI is InChI=1S/C20H27N5O3/c1-23(19(26)14-24-8-6-16(7-9-24)20(21)27)12-15-11-22-25(13-15)17-4-3-5-18(10-17)28-2/h3-5,10-11,13,16H,6-9,12,14H2,1-2H3,(H2,21,27). The Labute approximate surface area is 164 Å². The van der Waals surface area contributed by atoms with Crippen molar-refractivity contribution in [3.63, 3.8) is 0 Å². The first-order valence-corrected chi connectivity index (χ1v) is 9.40. The second kappa shape index (κ2) is 8.88. The van der Waals surface area contributed by atoms with Gasteiger partial charge >= 0.3 is 0 Å². The van der Waals surface area contributed by atoms with Crippen LogP contribution >= 0.6 is 0 Å². The van der Waals surface area contributed by atoms with Crippen molar-refractivity contribution in [2.24, 2.45) is 11.7 Å². The van der Waals surface area contributed by atoms with Crippen molar-refractivity contribution in [1.29, 1.82) is 0 Å². The summed E-state index contributed by atoms with van der Waals surface area (Å²) in [4.78, 5) is 27.6. The fraction of sp³-hybridized carbons (Fsp3) is 0.450. The minimum absolute atomic E-state index is 0.0478. The number of benzene rings is 1. The number of methoxy groups -OCH3 is 1. The molecule has 0 radical (unpaired) electrons. The van der Waals surface area contributed by atoms with Gasteiger partial charge in [-0.2, -0.15) is 5.10 Å². The van der Waals surface area contributed by atoms with Gasteiger partial charge in [-0.05, 0) is 38.1 Å². The largest absolute Gasteiger partial charge is 0.497 e.